The number of carbonyl (C=O) groups excluding carboxylic acids is 1. The number of hydrogen-bond donors (Lipinski definition) is 2. The normalized spacial score (nSPS) is 10.5. The molecule has 1 aromatic heterocycles. The second-order valence-corrected chi connectivity index (χ2v) is 3.49. The van der Waals surface area contributed by atoms with Crippen LogP contribution in [0, 0.1) is 16.7 Å². The number of aromatic nitrogens is 1. The lowest BCUT2D eigenvalue weighted by molar-refractivity contribution is 0.0599. The van der Waals surface area contributed by atoms with Gasteiger partial charge in [-0.1, -0.05) is 0 Å². The number of carbonyl (C=O) groups is 1. The van der Waals surface area contributed by atoms with Crippen LogP contribution in [0.2, 0.25) is 0 Å². The van der Waals surface area contributed by atoms with Crippen molar-refractivity contribution in [3.63, 3.8) is 0 Å². The van der Waals surface area contributed by atoms with Gasteiger partial charge in [-0.3, -0.25) is 4.98 Å². The van der Waals surface area contributed by atoms with Gasteiger partial charge >= 0.3 is 5.97 Å². The summed E-state index contributed by atoms with van der Waals surface area (Å²) in [7, 11) is 1.23. The fourth-order valence-electron chi connectivity index (χ4n) is 1.47. The van der Waals surface area contributed by atoms with Crippen LogP contribution in [0.3, 0.4) is 0 Å². The van der Waals surface area contributed by atoms with Gasteiger partial charge in [0.15, 0.2) is 0 Å². The van der Waals surface area contributed by atoms with Crippen molar-refractivity contribution >= 4 is 17.8 Å². The molecule has 1 aromatic rings. The third-order valence-electron chi connectivity index (χ3n) is 2.35. The van der Waals surface area contributed by atoms with Crippen molar-refractivity contribution in [1.82, 2.24) is 10.3 Å². The Morgan fingerprint density at radius 2 is 2.42 bits per heavy atom. The summed E-state index contributed by atoms with van der Waals surface area (Å²) < 4.78 is 4.67. The predicted octanol–water partition coefficient (Wildman–Crippen LogP) is 1.34. The van der Waals surface area contributed by atoms with Gasteiger partial charge in [-0.15, -0.1) is 0 Å². The van der Waals surface area contributed by atoms with Crippen molar-refractivity contribution in [2.24, 2.45) is 0 Å². The van der Waals surface area contributed by atoms with E-state index in [1.54, 1.807) is 6.20 Å². The van der Waals surface area contributed by atoms with Crippen molar-refractivity contribution in [3.8, 4) is 6.07 Å². The Balaban J connectivity index is 3.46. The number of ether oxygens (including phenoxy) is 1. The summed E-state index contributed by atoms with van der Waals surface area (Å²) in [6.07, 6.45) is 4.06. The van der Waals surface area contributed by atoms with Crippen molar-refractivity contribution in [2.75, 3.05) is 13.7 Å². The van der Waals surface area contributed by atoms with E-state index in [0.29, 0.717) is 12.1 Å². The Morgan fingerprint density at radius 3 is 2.95 bits per heavy atom. The molecule has 0 aliphatic heterocycles. The number of nitriles is 1. The molecular weight excluding hydrogens is 244 g/mol. The van der Waals surface area contributed by atoms with Crippen molar-refractivity contribution in [3.05, 3.63) is 35.3 Å². The summed E-state index contributed by atoms with van der Waals surface area (Å²) in [5, 5.41) is 19.4. The number of esters is 1. The fraction of sp³-hybridized carbons (Fsp3) is 0.231. The van der Waals surface area contributed by atoms with Crippen molar-refractivity contribution < 1.29 is 9.53 Å². The molecule has 0 amide bonds. The average molecular weight is 258 g/mol. The third kappa shape index (κ3) is 3.16. The highest BCUT2D eigenvalue weighted by atomic mass is 16.5. The average Bonchev–Trinajstić information content (AvgIpc) is 2.46. The molecule has 0 bridgehead atoms. The van der Waals surface area contributed by atoms with Crippen molar-refractivity contribution in [1.29, 1.82) is 10.7 Å². The monoisotopic (exact) mass is 258 g/mol. The Hall–Kier alpha value is -2.68. The van der Waals surface area contributed by atoms with Gasteiger partial charge in [0.25, 0.3) is 0 Å². The quantitative estimate of drug-likeness (QED) is 0.613. The Kier molecular flexibility index (Phi) is 5.23. The SMILES string of the molecule is CCN/C=C(\C=N)c1nccc(C#N)c1C(=O)OC. The lowest BCUT2D eigenvalue weighted by Gasteiger charge is -2.09. The largest absolute Gasteiger partial charge is 0.465 e. The van der Waals surface area contributed by atoms with Gasteiger partial charge in [-0.05, 0) is 13.0 Å². The van der Waals surface area contributed by atoms with E-state index in [1.807, 2.05) is 13.0 Å². The minimum atomic E-state index is -0.649. The van der Waals surface area contributed by atoms with Crippen LogP contribution in [-0.2, 0) is 4.74 Å². The van der Waals surface area contributed by atoms with Crippen LogP contribution in [0.15, 0.2) is 18.5 Å². The number of allylic oxidation sites excluding steroid dienone is 1. The number of nitrogens with one attached hydrogen (secondary N) is 2. The van der Waals surface area contributed by atoms with E-state index in [-0.39, 0.29) is 16.8 Å². The first kappa shape index (κ1) is 14.4. The summed E-state index contributed by atoms with van der Waals surface area (Å²) in [4.78, 5) is 15.8. The molecule has 0 spiro atoms. The van der Waals surface area contributed by atoms with Gasteiger partial charge in [-0.2, -0.15) is 5.26 Å². The standard InChI is InChI=1S/C13H14N4O2/c1-3-16-8-10(7-15)12-11(13(18)19-2)9(6-14)4-5-17-12/h4-5,7-8,15-16H,3H2,1-2H3/b10-8+,15-7?. The van der Waals surface area contributed by atoms with E-state index in [9.17, 15) is 4.79 Å². The third-order valence-corrected chi connectivity index (χ3v) is 2.35. The molecule has 0 atom stereocenters. The molecule has 6 nitrogen and oxygen atoms in total. The maximum atomic E-state index is 11.8. The van der Waals surface area contributed by atoms with Gasteiger partial charge in [-0.25, -0.2) is 4.79 Å². The highest BCUT2D eigenvalue weighted by Gasteiger charge is 2.20. The second kappa shape index (κ2) is 6.91. The molecule has 0 saturated carbocycles. The van der Waals surface area contributed by atoms with E-state index >= 15 is 0 Å². The summed E-state index contributed by atoms with van der Waals surface area (Å²) >= 11 is 0. The topological polar surface area (TPSA) is 98.9 Å². The first-order chi connectivity index (χ1) is 9.19. The zero-order chi connectivity index (χ0) is 14.3. The molecule has 6 heteroatoms. The van der Waals surface area contributed by atoms with E-state index in [4.69, 9.17) is 10.7 Å². The van der Waals surface area contributed by atoms with Crippen LogP contribution in [0.1, 0.15) is 28.5 Å². The molecule has 0 fully saturated rings. The highest BCUT2D eigenvalue weighted by molar-refractivity contribution is 6.11. The first-order valence-corrected chi connectivity index (χ1v) is 5.61. The Morgan fingerprint density at radius 1 is 1.68 bits per heavy atom. The lowest BCUT2D eigenvalue weighted by atomic mass is 10.0. The van der Waals surface area contributed by atoms with Gasteiger partial charge < -0.3 is 15.5 Å². The number of pyridine rings is 1. The van der Waals surface area contributed by atoms with E-state index in [0.717, 1.165) is 6.21 Å². The molecule has 0 unspecified atom stereocenters. The summed E-state index contributed by atoms with van der Waals surface area (Å²) in [6, 6.07) is 3.36. The van der Waals surface area contributed by atoms with Crippen LogP contribution >= 0.6 is 0 Å². The van der Waals surface area contributed by atoms with Crippen molar-refractivity contribution in [2.45, 2.75) is 6.92 Å². The second-order valence-electron chi connectivity index (χ2n) is 3.49. The van der Waals surface area contributed by atoms with E-state index in [2.05, 4.69) is 15.0 Å². The smallest absolute Gasteiger partial charge is 0.341 e. The molecule has 0 aliphatic rings. The van der Waals surface area contributed by atoms with Crippen LogP contribution < -0.4 is 5.32 Å². The molecule has 0 saturated heterocycles. The van der Waals surface area contributed by atoms with E-state index in [1.165, 1.54) is 19.4 Å². The molecular formula is C13H14N4O2. The fourth-order valence-corrected chi connectivity index (χ4v) is 1.47. The predicted molar refractivity (Wildman–Crippen MR) is 70.7 cm³/mol. The van der Waals surface area contributed by atoms with E-state index < -0.39 is 5.97 Å². The molecule has 0 aliphatic carbocycles. The molecule has 2 N–H and O–H groups in total. The van der Waals surface area contributed by atoms with Gasteiger partial charge in [0.1, 0.15) is 11.6 Å². The summed E-state index contributed by atoms with van der Waals surface area (Å²) in [5.41, 5.74) is 0.891. The molecule has 1 heterocycles. The number of nitrogens with zero attached hydrogens (tertiary/aromatic N) is 2. The number of hydrogen-bond acceptors (Lipinski definition) is 6. The Labute approximate surface area is 111 Å². The number of rotatable bonds is 5. The van der Waals surface area contributed by atoms with Crippen LogP contribution in [-0.4, -0.2) is 30.8 Å². The lowest BCUT2D eigenvalue weighted by Crippen LogP contribution is -2.12. The van der Waals surface area contributed by atoms with Crippen LogP contribution in [0.5, 0.6) is 0 Å². The molecule has 0 aromatic carbocycles. The first-order valence-electron chi connectivity index (χ1n) is 5.61. The van der Waals surface area contributed by atoms with Gasteiger partial charge in [0.05, 0.1) is 18.4 Å². The molecule has 98 valence electrons. The van der Waals surface area contributed by atoms with Crippen LogP contribution in [0.4, 0.5) is 0 Å². The maximum Gasteiger partial charge on any atom is 0.341 e. The molecule has 0 radical (unpaired) electrons. The maximum absolute atomic E-state index is 11.8. The minimum Gasteiger partial charge on any atom is -0.465 e. The minimum absolute atomic E-state index is 0.0696. The Bertz CT molecular complexity index is 558. The van der Waals surface area contributed by atoms with Gasteiger partial charge in [0.2, 0.25) is 0 Å². The summed E-state index contributed by atoms with van der Waals surface area (Å²) in [5.74, 6) is -0.649. The van der Waals surface area contributed by atoms with Gasteiger partial charge in [0, 0.05) is 30.7 Å². The number of methoxy groups -OCH3 is 1. The zero-order valence-corrected chi connectivity index (χ0v) is 10.7. The summed E-state index contributed by atoms with van der Waals surface area (Å²) in [6.45, 7) is 2.57. The van der Waals surface area contributed by atoms with Crippen LogP contribution in [0.25, 0.3) is 5.57 Å². The molecule has 1 rings (SSSR count). The molecule has 19 heavy (non-hydrogen) atoms. The zero-order valence-electron chi connectivity index (χ0n) is 10.7. The highest BCUT2D eigenvalue weighted by Crippen LogP contribution is 2.19.